The van der Waals surface area contributed by atoms with Crippen molar-refractivity contribution in [3.63, 3.8) is 0 Å². The van der Waals surface area contributed by atoms with E-state index in [1.807, 2.05) is 10.7 Å². The van der Waals surface area contributed by atoms with Gasteiger partial charge in [0, 0.05) is 41.4 Å². The van der Waals surface area contributed by atoms with Gasteiger partial charge in [0.1, 0.15) is 11.5 Å². The molecular weight excluding hydrogens is 264 g/mol. The quantitative estimate of drug-likeness (QED) is 0.942. The summed E-state index contributed by atoms with van der Waals surface area (Å²) in [6.07, 6.45) is 2.77. The molecule has 0 radical (unpaired) electrons. The van der Waals surface area contributed by atoms with Gasteiger partial charge in [0.25, 0.3) is 0 Å². The number of ether oxygens (including phenoxy) is 1. The van der Waals surface area contributed by atoms with Gasteiger partial charge in [0.15, 0.2) is 0 Å². The summed E-state index contributed by atoms with van der Waals surface area (Å²) < 4.78 is 29.6. The van der Waals surface area contributed by atoms with Crippen molar-refractivity contribution in [1.29, 1.82) is 0 Å². The minimum absolute atomic E-state index is 0.184. The highest BCUT2D eigenvalue weighted by Crippen LogP contribution is 2.38. The molecule has 0 fully saturated rings. The van der Waals surface area contributed by atoms with Crippen LogP contribution in [0.2, 0.25) is 0 Å². The molecule has 3 heterocycles. The monoisotopic (exact) mass is 289 g/mol. The van der Waals surface area contributed by atoms with Gasteiger partial charge in [-0.05, 0) is 25.0 Å². The summed E-state index contributed by atoms with van der Waals surface area (Å²) in [4.78, 5) is 4.20. The van der Waals surface area contributed by atoms with Crippen molar-refractivity contribution in [2.75, 3.05) is 12.3 Å². The van der Waals surface area contributed by atoms with Crippen LogP contribution >= 0.6 is 0 Å². The maximum absolute atomic E-state index is 7.23. The van der Waals surface area contributed by atoms with E-state index in [1.165, 1.54) is 0 Å². The molecule has 0 amide bonds. The molecule has 0 bridgehead atoms. The SMILES string of the molecule is [2H]C([2H])([2H])Nc1ccc(-c2nn3c(c2C(C)C)O[C@H](C)CC3)cn1. The Balaban J connectivity index is 1.97. The van der Waals surface area contributed by atoms with Crippen LogP contribution in [0.3, 0.4) is 0 Å². The van der Waals surface area contributed by atoms with Gasteiger partial charge >= 0.3 is 0 Å². The van der Waals surface area contributed by atoms with E-state index in [9.17, 15) is 0 Å². The molecular formula is C16H22N4O. The number of hydrogen-bond donors (Lipinski definition) is 1. The average molecular weight is 289 g/mol. The van der Waals surface area contributed by atoms with Gasteiger partial charge in [-0.25, -0.2) is 9.67 Å². The van der Waals surface area contributed by atoms with E-state index in [2.05, 4.69) is 31.1 Å². The van der Waals surface area contributed by atoms with Gasteiger partial charge in [-0.2, -0.15) is 5.10 Å². The van der Waals surface area contributed by atoms with Crippen LogP contribution in [0.25, 0.3) is 11.3 Å². The van der Waals surface area contributed by atoms with Gasteiger partial charge in [-0.15, -0.1) is 0 Å². The predicted molar refractivity (Wildman–Crippen MR) is 83.8 cm³/mol. The largest absolute Gasteiger partial charge is 0.475 e. The first-order chi connectivity index (χ1) is 11.2. The van der Waals surface area contributed by atoms with Gasteiger partial charge in [0.05, 0.1) is 6.10 Å². The highest BCUT2D eigenvalue weighted by molar-refractivity contribution is 5.66. The number of pyridine rings is 1. The summed E-state index contributed by atoms with van der Waals surface area (Å²) in [6.45, 7) is 4.87. The first kappa shape index (κ1) is 10.7. The molecule has 0 saturated heterocycles. The van der Waals surface area contributed by atoms with E-state index in [-0.39, 0.29) is 12.0 Å². The summed E-state index contributed by atoms with van der Waals surface area (Å²) in [6, 6.07) is 3.50. The lowest BCUT2D eigenvalue weighted by molar-refractivity contribution is 0.147. The molecule has 0 unspecified atom stereocenters. The number of nitrogens with zero attached hydrogens (tertiary/aromatic N) is 3. The Labute approximate surface area is 129 Å². The molecule has 1 aliphatic heterocycles. The zero-order chi connectivity index (χ0) is 17.5. The van der Waals surface area contributed by atoms with Crippen LogP contribution < -0.4 is 10.1 Å². The molecule has 0 aliphatic carbocycles. The second kappa shape index (κ2) is 5.39. The normalized spacial score (nSPS) is 20.2. The fraction of sp³-hybridized carbons (Fsp3) is 0.500. The first-order valence-electron chi connectivity index (χ1n) is 8.76. The predicted octanol–water partition coefficient (Wildman–Crippen LogP) is 3.28. The zero-order valence-electron chi connectivity index (χ0n) is 15.6. The van der Waals surface area contributed by atoms with E-state index in [0.717, 1.165) is 35.7 Å². The van der Waals surface area contributed by atoms with Crippen molar-refractivity contribution >= 4 is 5.82 Å². The topological polar surface area (TPSA) is 52.0 Å². The molecule has 112 valence electrons. The van der Waals surface area contributed by atoms with Crippen LogP contribution in [0, 0.1) is 0 Å². The van der Waals surface area contributed by atoms with Gasteiger partial charge in [-0.1, -0.05) is 13.8 Å². The fourth-order valence-corrected chi connectivity index (χ4v) is 2.63. The maximum atomic E-state index is 7.23. The van der Waals surface area contributed by atoms with Crippen LogP contribution in [0.4, 0.5) is 5.82 Å². The molecule has 1 N–H and O–H groups in total. The van der Waals surface area contributed by atoms with Gasteiger partial charge in [0.2, 0.25) is 5.88 Å². The Kier molecular flexibility index (Phi) is 2.73. The molecule has 1 aliphatic rings. The van der Waals surface area contributed by atoms with Crippen LogP contribution in [0.15, 0.2) is 18.3 Å². The first-order valence-corrected chi connectivity index (χ1v) is 7.26. The Morgan fingerprint density at radius 3 is 3.00 bits per heavy atom. The average Bonchev–Trinajstić information content (AvgIpc) is 2.85. The number of rotatable bonds is 3. The Hall–Kier alpha value is -2.04. The minimum atomic E-state index is -2.25. The van der Waals surface area contributed by atoms with Crippen LogP contribution in [-0.4, -0.2) is 27.8 Å². The van der Waals surface area contributed by atoms with Crippen molar-refractivity contribution < 1.29 is 8.85 Å². The Morgan fingerprint density at radius 2 is 2.33 bits per heavy atom. The molecule has 0 spiro atoms. The fourth-order valence-electron chi connectivity index (χ4n) is 2.63. The van der Waals surface area contributed by atoms with E-state index in [1.54, 1.807) is 12.3 Å². The highest BCUT2D eigenvalue weighted by Gasteiger charge is 2.27. The van der Waals surface area contributed by atoms with Crippen LogP contribution in [0.5, 0.6) is 5.88 Å². The summed E-state index contributed by atoms with van der Waals surface area (Å²) >= 11 is 0. The lowest BCUT2D eigenvalue weighted by Crippen LogP contribution is -2.23. The second-order valence-corrected chi connectivity index (χ2v) is 5.72. The van der Waals surface area contributed by atoms with Crippen molar-refractivity contribution in [3.8, 4) is 17.1 Å². The third-order valence-corrected chi connectivity index (χ3v) is 3.74. The molecule has 5 heteroatoms. The molecule has 5 nitrogen and oxygen atoms in total. The van der Waals surface area contributed by atoms with Gasteiger partial charge < -0.3 is 10.1 Å². The summed E-state index contributed by atoms with van der Waals surface area (Å²) in [5.74, 6) is 1.41. The maximum Gasteiger partial charge on any atom is 0.216 e. The lowest BCUT2D eigenvalue weighted by Gasteiger charge is -2.23. The van der Waals surface area contributed by atoms with E-state index in [4.69, 9.17) is 13.9 Å². The van der Waals surface area contributed by atoms with Crippen molar-refractivity contribution in [3.05, 3.63) is 23.9 Å². The minimum Gasteiger partial charge on any atom is -0.475 e. The van der Waals surface area contributed by atoms with E-state index in [0.29, 0.717) is 5.82 Å². The Morgan fingerprint density at radius 1 is 1.48 bits per heavy atom. The third-order valence-electron chi connectivity index (χ3n) is 3.74. The zero-order valence-corrected chi connectivity index (χ0v) is 12.6. The van der Waals surface area contributed by atoms with Crippen LogP contribution in [-0.2, 0) is 6.54 Å². The molecule has 2 aromatic heterocycles. The number of nitrogens with one attached hydrogen (secondary N) is 1. The molecule has 1 atom stereocenters. The lowest BCUT2D eigenvalue weighted by atomic mass is 9.99. The second-order valence-electron chi connectivity index (χ2n) is 5.72. The van der Waals surface area contributed by atoms with Crippen molar-refractivity contribution in [2.24, 2.45) is 0 Å². The Bertz CT molecular complexity index is 722. The number of hydrogen-bond acceptors (Lipinski definition) is 4. The molecule has 21 heavy (non-hydrogen) atoms. The number of anilines is 1. The van der Waals surface area contributed by atoms with Crippen LogP contribution in [0.1, 0.15) is 42.8 Å². The number of fused-ring (bicyclic) bond motifs is 1. The highest BCUT2D eigenvalue weighted by atomic mass is 16.5. The third kappa shape index (κ3) is 2.48. The molecule has 0 aromatic carbocycles. The summed E-state index contributed by atoms with van der Waals surface area (Å²) in [7, 11) is 0. The number of aromatic nitrogens is 3. The van der Waals surface area contributed by atoms with E-state index >= 15 is 0 Å². The summed E-state index contributed by atoms with van der Waals surface area (Å²) in [5, 5.41) is 7.09. The van der Waals surface area contributed by atoms with Gasteiger partial charge in [-0.3, -0.25) is 0 Å². The summed E-state index contributed by atoms with van der Waals surface area (Å²) in [5.41, 5.74) is 2.77. The smallest absolute Gasteiger partial charge is 0.216 e. The molecule has 2 aromatic rings. The van der Waals surface area contributed by atoms with Crippen molar-refractivity contribution in [2.45, 2.75) is 45.8 Å². The molecule has 0 saturated carbocycles. The van der Waals surface area contributed by atoms with E-state index < -0.39 is 6.98 Å². The number of aryl methyl sites for hydroxylation is 1. The van der Waals surface area contributed by atoms with Crippen molar-refractivity contribution in [1.82, 2.24) is 14.8 Å². The molecule has 3 rings (SSSR count). The standard InChI is InChI=1S/C16H22N4O/c1-10(2)14-15(12-5-6-13(17-4)18-9-12)19-20-8-7-11(3)21-16(14)20/h5-6,9-11H,7-8H2,1-4H3,(H,17,18)/t11-/m1/s1/i4D3.